The van der Waals surface area contributed by atoms with Crippen molar-refractivity contribution in [3.8, 4) is 0 Å². The van der Waals surface area contributed by atoms with Gasteiger partial charge in [0.05, 0.1) is 6.33 Å². The molecule has 0 aliphatic heterocycles. The summed E-state index contributed by atoms with van der Waals surface area (Å²) in [7, 11) is 0. The van der Waals surface area contributed by atoms with Crippen LogP contribution in [-0.4, -0.2) is 15.3 Å². The molecule has 0 radical (unpaired) electrons. The number of hydrogen-bond donors (Lipinski definition) is 0. The van der Waals surface area contributed by atoms with Crippen molar-refractivity contribution < 1.29 is 4.79 Å². The number of rotatable bonds is 3. The highest BCUT2D eigenvalue weighted by atomic mass is 16.1. The van der Waals surface area contributed by atoms with E-state index in [-0.39, 0.29) is 17.8 Å². The molecule has 0 spiro atoms. The van der Waals surface area contributed by atoms with Gasteiger partial charge in [0, 0.05) is 24.2 Å². The first kappa shape index (κ1) is 9.12. The zero-order chi connectivity index (χ0) is 10.1. The molecule has 0 amide bonds. The van der Waals surface area contributed by atoms with Crippen molar-refractivity contribution in [1.82, 2.24) is 9.55 Å². The molecule has 4 nitrogen and oxygen atoms in total. The van der Waals surface area contributed by atoms with Gasteiger partial charge in [0.25, 0.3) is 5.56 Å². The normalized spacial score (nSPS) is 15.5. The molecule has 0 aromatic carbocycles. The molecule has 2 rings (SSSR count). The third-order valence-corrected chi connectivity index (χ3v) is 2.31. The van der Waals surface area contributed by atoms with Crippen molar-refractivity contribution in [2.24, 2.45) is 0 Å². The second kappa shape index (κ2) is 3.36. The first-order chi connectivity index (χ1) is 6.68. The molecule has 0 saturated heterocycles. The summed E-state index contributed by atoms with van der Waals surface area (Å²) in [6, 6.07) is 0.321. The number of carbonyl (C=O) groups excluding carboxylic acids is 1. The van der Waals surface area contributed by atoms with Crippen LogP contribution < -0.4 is 5.56 Å². The van der Waals surface area contributed by atoms with Crippen molar-refractivity contribution in [3.05, 3.63) is 28.4 Å². The predicted molar refractivity (Wildman–Crippen MR) is 51.2 cm³/mol. The first-order valence-electron chi connectivity index (χ1n) is 4.73. The minimum absolute atomic E-state index is 0.00236. The lowest BCUT2D eigenvalue weighted by Gasteiger charge is -2.03. The van der Waals surface area contributed by atoms with E-state index in [4.69, 9.17) is 0 Å². The molecule has 1 aromatic rings. The average Bonchev–Trinajstić information content (AvgIpc) is 2.91. The minimum Gasteiger partial charge on any atom is -0.300 e. The third kappa shape index (κ3) is 1.73. The van der Waals surface area contributed by atoms with E-state index in [9.17, 15) is 9.59 Å². The number of carbonyl (C=O) groups is 1. The second-order valence-corrected chi connectivity index (χ2v) is 3.74. The Balaban J connectivity index is 2.36. The van der Waals surface area contributed by atoms with Gasteiger partial charge in [-0.15, -0.1) is 0 Å². The molecule has 1 aliphatic rings. The summed E-state index contributed by atoms with van der Waals surface area (Å²) < 4.78 is 1.64. The Morgan fingerprint density at radius 3 is 2.93 bits per heavy atom. The zero-order valence-electron chi connectivity index (χ0n) is 8.06. The van der Waals surface area contributed by atoms with Crippen LogP contribution in [0.25, 0.3) is 0 Å². The molecule has 1 aromatic heterocycles. The van der Waals surface area contributed by atoms with Gasteiger partial charge in [0.1, 0.15) is 5.78 Å². The first-order valence-corrected chi connectivity index (χ1v) is 4.73. The highest BCUT2D eigenvalue weighted by molar-refractivity contribution is 5.77. The number of nitrogens with zero attached hydrogens (tertiary/aromatic N) is 2. The van der Waals surface area contributed by atoms with E-state index in [1.807, 2.05) is 0 Å². The van der Waals surface area contributed by atoms with Crippen LogP contribution in [0.15, 0.2) is 17.3 Å². The molecule has 1 saturated carbocycles. The maximum atomic E-state index is 11.8. The van der Waals surface area contributed by atoms with Gasteiger partial charge < -0.3 is 0 Å². The molecule has 0 atom stereocenters. The van der Waals surface area contributed by atoms with Crippen LogP contribution >= 0.6 is 0 Å². The molecule has 1 heterocycles. The van der Waals surface area contributed by atoms with E-state index in [2.05, 4.69) is 4.98 Å². The predicted octanol–water partition coefficient (Wildman–Crippen LogP) is 0.710. The highest BCUT2D eigenvalue weighted by Crippen LogP contribution is 2.32. The van der Waals surface area contributed by atoms with Crippen molar-refractivity contribution in [1.29, 1.82) is 0 Å². The quantitative estimate of drug-likeness (QED) is 0.708. The fourth-order valence-electron chi connectivity index (χ4n) is 1.47. The Hall–Kier alpha value is -1.45. The summed E-state index contributed by atoms with van der Waals surface area (Å²) in [6.07, 6.45) is 5.34. The number of hydrogen-bond acceptors (Lipinski definition) is 3. The van der Waals surface area contributed by atoms with Crippen LogP contribution in [0.3, 0.4) is 0 Å². The Morgan fingerprint density at radius 1 is 1.64 bits per heavy atom. The van der Waals surface area contributed by atoms with E-state index in [1.165, 1.54) is 13.1 Å². The lowest BCUT2D eigenvalue weighted by molar-refractivity contribution is -0.116. The minimum atomic E-state index is -0.0577. The SMILES string of the molecule is CC(=O)Cc1cncn(C2CC2)c1=O. The molecule has 74 valence electrons. The molecular formula is C10H12N2O2. The number of Topliss-reactive ketones (excluding diaryl/α,β-unsaturated/α-hetero) is 1. The zero-order valence-corrected chi connectivity index (χ0v) is 8.06. The summed E-state index contributed by atoms with van der Waals surface area (Å²) in [5, 5.41) is 0. The van der Waals surface area contributed by atoms with Gasteiger partial charge in [0.2, 0.25) is 0 Å². The Kier molecular flexibility index (Phi) is 2.19. The topological polar surface area (TPSA) is 52.0 Å². The summed E-state index contributed by atoms with van der Waals surface area (Å²) in [5.74, 6) is -0.00236. The molecular weight excluding hydrogens is 180 g/mol. The maximum absolute atomic E-state index is 11.8. The van der Waals surface area contributed by atoms with Gasteiger partial charge in [-0.05, 0) is 19.8 Å². The van der Waals surface area contributed by atoms with Crippen LogP contribution in [0, 0.1) is 0 Å². The van der Waals surface area contributed by atoms with Crippen LogP contribution in [0.2, 0.25) is 0 Å². The van der Waals surface area contributed by atoms with Gasteiger partial charge in [-0.3, -0.25) is 14.2 Å². The fraction of sp³-hybridized carbons (Fsp3) is 0.500. The second-order valence-electron chi connectivity index (χ2n) is 3.74. The van der Waals surface area contributed by atoms with E-state index in [1.54, 1.807) is 10.9 Å². The molecule has 4 heteroatoms. The van der Waals surface area contributed by atoms with Gasteiger partial charge in [-0.25, -0.2) is 4.98 Å². The van der Waals surface area contributed by atoms with E-state index in [0.29, 0.717) is 11.6 Å². The van der Waals surface area contributed by atoms with Crippen LogP contribution in [-0.2, 0) is 11.2 Å². The monoisotopic (exact) mass is 192 g/mol. The standard InChI is InChI=1S/C10H12N2O2/c1-7(13)4-8-5-11-6-12(10(8)14)9-2-3-9/h5-6,9H,2-4H2,1H3. The summed E-state index contributed by atoms with van der Waals surface area (Å²) >= 11 is 0. The number of aromatic nitrogens is 2. The summed E-state index contributed by atoms with van der Waals surface area (Å²) in [6.45, 7) is 1.48. The van der Waals surface area contributed by atoms with Gasteiger partial charge >= 0.3 is 0 Å². The van der Waals surface area contributed by atoms with Gasteiger partial charge in [-0.2, -0.15) is 0 Å². The summed E-state index contributed by atoms with van der Waals surface area (Å²) in [5.41, 5.74) is 0.449. The maximum Gasteiger partial charge on any atom is 0.257 e. The van der Waals surface area contributed by atoms with Crippen LogP contribution in [0.4, 0.5) is 0 Å². The Labute approximate surface area is 81.6 Å². The Morgan fingerprint density at radius 2 is 2.36 bits per heavy atom. The van der Waals surface area contributed by atoms with E-state index in [0.717, 1.165) is 12.8 Å². The summed E-state index contributed by atoms with van der Waals surface area (Å²) in [4.78, 5) is 26.6. The molecule has 0 N–H and O–H groups in total. The lowest BCUT2D eigenvalue weighted by atomic mass is 10.2. The van der Waals surface area contributed by atoms with Crippen LogP contribution in [0.5, 0.6) is 0 Å². The lowest BCUT2D eigenvalue weighted by Crippen LogP contribution is -2.24. The van der Waals surface area contributed by atoms with Gasteiger partial charge in [0.15, 0.2) is 0 Å². The van der Waals surface area contributed by atoms with E-state index < -0.39 is 0 Å². The molecule has 1 aliphatic carbocycles. The molecule has 1 fully saturated rings. The van der Waals surface area contributed by atoms with Gasteiger partial charge in [-0.1, -0.05) is 0 Å². The van der Waals surface area contributed by atoms with Crippen molar-refractivity contribution in [3.63, 3.8) is 0 Å². The van der Waals surface area contributed by atoms with Crippen molar-refractivity contribution >= 4 is 5.78 Å². The Bertz CT molecular complexity index is 418. The molecule has 0 bridgehead atoms. The highest BCUT2D eigenvalue weighted by Gasteiger charge is 2.25. The van der Waals surface area contributed by atoms with Crippen LogP contribution in [0.1, 0.15) is 31.4 Å². The average molecular weight is 192 g/mol. The molecule has 14 heavy (non-hydrogen) atoms. The number of ketones is 1. The van der Waals surface area contributed by atoms with Crippen molar-refractivity contribution in [2.75, 3.05) is 0 Å². The van der Waals surface area contributed by atoms with E-state index >= 15 is 0 Å². The largest absolute Gasteiger partial charge is 0.300 e. The molecule has 0 unspecified atom stereocenters. The fourth-order valence-corrected chi connectivity index (χ4v) is 1.47. The van der Waals surface area contributed by atoms with Crippen molar-refractivity contribution in [2.45, 2.75) is 32.2 Å². The third-order valence-electron chi connectivity index (χ3n) is 2.31. The smallest absolute Gasteiger partial charge is 0.257 e.